The topological polar surface area (TPSA) is 53.3 Å². The van der Waals surface area contributed by atoms with Gasteiger partial charge in [0.05, 0.1) is 23.5 Å². The molecular weight excluding hydrogens is 476 g/mol. The predicted molar refractivity (Wildman–Crippen MR) is 146 cm³/mol. The Bertz CT molecular complexity index is 1410. The summed E-state index contributed by atoms with van der Waals surface area (Å²) in [6.45, 7) is 8.30. The van der Waals surface area contributed by atoms with Crippen molar-refractivity contribution >= 4 is 34.6 Å². The Morgan fingerprint density at radius 2 is 1.71 bits per heavy atom. The molecule has 0 radical (unpaired) electrons. The molecule has 2 atom stereocenters. The molecule has 0 spiro atoms. The average Bonchev–Trinajstić information content (AvgIpc) is 3.30. The SMILES string of the molecule is Cc1cc(C)cc(N2C(=S)NC(c3ccccn3)C2c2cc(C)n(-c3cc(Cl)ccc3O)c2C)c1. The maximum absolute atomic E-state index is 10.6. The number of pyridine rings is 1. The summed E-state index contributed by atoms with van der Waals surface area (Å²) in [4.78, 5) is 6.86. The number of hydrogen-bond donors (Lipinski definition) is 2. The quantitative estimate of drug-likeness (QED) is 0.306. The maximum Gasteiger partial charge on any atom is 0.174 e. The third-order valence-corrected chi connectivity index (χ3v) is 7.10. The highest BCUT2D eigenvalue weighted by atomic mass is 35.5. The number of aryl methyl sites for hydroxylation is 3. The van der Waals surface area contributed by atoms with E-state index in [1.54, 1.807) is 18.2 Å². The second kappa shape index (κ2) is 9.02. The van der Waals surface area contributed by atoms with E-state index in [0.717, 1.165) is 28.3 Å². The van der Waals surface area contributed by atoms with Crippen molar-refractivity contribution in [3.63, 3.8) is 0 Å². The summed E-state index contributed by atoms with van der Waals surface area (Å²) in [7, 11) is 0. The number of benzene rings is 2. The fourth-order valence-electron chi connectivity index (χ4n) is 5.17. The highest BCUT2D eigenvalue weighted by molar-refractivity contribution is 7.80. The molecule has 1 aliphatic heterocycles. The van der Waals surface area contributed by atoms with Crippen LogP contribution in [0.25, 0.3) is 5.69 Å². The molecule has 5 rings (SSSR count). The Kier molecular flexibility index (Phi) is 6.03. The van der Waals surface area contributed by atoms with Crippen molar-refractivity contribution in [1.29, 1.82) is 0 Å². The number of thiocarbonyl (C=S) groups is 1. The molecule has 3 heterocycles. The standard InChI is InChI=1S/C28H27ClN4OS/c1-16-11-17(2)13-21(12-16)33-27(26(31-28(33)35)23-7-5-6-10-30-23)22-14-18(3)32(19(22)4)24-15-20(29)8-9-25(24)34/h5-15,26-27,34H,1-4H3,(H,31,35). The number of hydrogen-bond acceptors (Lipinski definition) is 3. The lowest BCUT2D eigenvalue weighted by Crippen LogP contribution is -2.29. The van der Waals surface area contributed by atoms with Crippen LogP contribution in [-0.2, 0) is 0 Å². The number of aromatic hydroxyl groups is 1. The van der Waals surface area contributed by atoms with Crippen molar-refractivity contribution in [2.75, 3.05) is 4.90 Å². The first kappa shape index (κ1) is 23.4. The van der Waals surface area contributed by atoms with Gasteiger partial charge in [0.15, 0.2) is 5.11 Å². The van der Waals surface area contributed by atoms with E-state index < -0.39 is 0 Å². The molecule has 0 amide bonds. The predicted octanol–water partition coefficient (Wildman–Crippen LogP) is 6.64. The van der Waals surface area contributed by atoms with Crippen molar-refractivity contribution in [3.8, 4) is 11.4 Å². The first-order chi connectivity index (χ1) is 16.7. The molecule has 4 aromatic rings. The monoisotopic (exact) mass is 502 g/mol. The molecule has 7 heteroatoms. The highest BCUT2D eigenvalue weighted by Crippen LogP contribution is 2.44. The van der Waals surface area contributed by atoms with Gasteiger partial charge in [-0.25, -0.2) is 0 Å². The van der Waals surface area contributed by atoms with E-state index in [9.17, 15) is 5.11 Å². The third kappa shape index (κ3) is 4.17. The average molecular weight is 503 g/mol. The van der Waals surface area contributed by atoms with Gasteiger partial charge in [-0.15, -0.1) is 0 Å². The van der Waals surface area contributed by atoms with E-state index in [2.05, 4.69) is 60.2 Å². The number of nitrogens with one attached hydrogen (secondary N) is 1. The van der Waals surface area contributed by atoms with E-state index in [0.29, 0.717) is 15.8 Å². The van der Waals surface area contributed by atoms with Crippen molar-refractivity contribution in [2.45, 2.75) is 39.8 Å². The Hall–Kier alpha value is -3.35. The van der Waals surface area contributed by atoms with E-state index in [1.165, 1.54) is 11.1 Å². The van der Waals surface area contributed by atoms with Crippen LogP contribution in [-0.4, -0.2) is 19.8 Å². The van der Waals surface area contributed by atoms with Crippen molar-refractivity contribution in [3.05, 3.63) is 106 Å². The Balaban J connectivity index is 1.72. The van der Waals surface area contributed by atoms with Crippen molar-refractivity contribution < 1.29 is 5.11 Å². The first-order valence-corrected chi connectivity index (χ1v) is 12.3. The van der Waals surface area contributed by atoms with Crippen LogP contribution in [0.2, 0.25) is 5.02 Å². The fourth-order valence-corrected chi connectivity index (χ4v) is 5.68. The maximum atomic E-state index is 10.6. The van der Waals surface area contributed by atoms with Gasteiger partial charge in [0.1, 0.15) is 5.75 Å². The molecule has 1 saturated heterocycles. The van der Waals surface area contributed by atoms with Gasteiger partial charge in [0.25, 0.3) is 0 Å². The summed E-state index contributed by atoms with van der Waals surface area (Å²) in [6, 6.07) is 19.4. The minimum atomic E-state index is -0.147. The lowest BCUT2D eigenvalue weighted by atomic mass is 9.96. The van der Waals surface area contributed by atoms with Crippen LogP contribution in [0.1, 0.15) is 45.9 Å². The summed E-state index contributed by atoms with van der Waals surface area (Å²) in [5, 5.41) is 15.4. The van der Waals surface area contributed by atoms with Crippen LogP contribution in [0.15, 0.2) is 66.9 Å². The van der Waals surface area contributed by atoms with E-state index >= 15 is 0 Å². The van der Waals surface area contributed by atoms with Crippen molar-refractivity contribution in [1.82, 2.24) is 14.9 Å². The van der Waals surface area contributed by atoms with Crippen LogP contribution in [0.5, 0.6) is 5.75 Å². The molecule has 35 heavy (non-hydrogen) atoms. The fraction of sp³-hybridized carbons (Fsp3) is 0.214. The van der Waals surface area contributed by atoms with Gasteiger partial charge >= 0.3 is 0 Å². The third-order valence-electron chi connectivity index (χ3n) is 6.55. The molecular formula is C28H27ClN4OS. The smallest absolute Gasteiger partial charge is 0.174 e. The minimum Gasteiger partial charge on any atom is -0.506 e. The molecule has 2 aromatic carbocycles. The Morgan fingerprint density at radius 1 is 0.971 bits per heavy atom. The molecule has 2 aromatic heterocycles. The van der Waals surface area contributed by atoms with Crippen LogP contribution in [0.3, 0.4) is 0 Å². The molecule has 1 aliphatic rings. The minimum absolute atomic E-state index is 0.139. The molecule has 0 saturated carbocycles. The number of nitrogens with zero attached hydrogens (tertiary/aromatic N) is 3. The summed E-state index contributed by atoms with van der Waals surface area (Å²) in [6.07, 6.45) is 1.81. The Labute approximate surface area is 216 Å². The van der Waals surface area contributed by atoms with E-state index in [4.69, 9.17) is 23.8 Å². The summed E-state index contributed by atoms with van der Waals surface area (Å²) in [5.74, 6) is 0.176. The van der Waals surface area contributed by atoms with Gasteiger partial charge in [-0.3, -0.25) is 4.98 Å². The van der Waals surface area contributed by atoms with E-state index in [-0.39, 0.29) is 17.8 Å². The number of anilines is 1. The molecule has 0 bridgehead atoms. The molecule has 5 nitrogen and oxygen atoms in total. The molecule has 2 unspecified atom stereocenters. The van der Waals surface area contributed by atoms with Gasteiger partial charge < -0.3 is 19.9 Å². The Morgan fingerprint density at radius 3 is 2.40 bits per heavy atom. The first-order valence-electron chi connectivity index (χ1n) is 11.5. The number of rotatable bonds is 4. The molecule has 178 valence electrons. The number of phenolic OH excluding ortho intramolecular Hbond substituents is 1. The lowest BCUT2D eigenvalue weighted by Gasteiger charge is -2.29. The lowest BCUT2D eigenvalue weighted by molar-refractivity contribution is 0.471. The molecule has 1 fully saturated rings. The van der Waals surface area contributed by atoms with Crippen LogP contribution >= 0.6 is 23.8 Å². The van der Waals surface area contributed by atoms with Crippen LogP contribution in [0, 0.1) is 27.7 Å². The normalized spacial score (nSPS) is 17.6. The van der Waals surface area contributed by atoms with Crippen LogP contribution in [0.4, 0.5) is 5.69 Å². The zero-order valence-electron chi connectivity index (χ0n) is 20.1. The summed E-state index contributed by atoms with van der Waals surface area (Å²) >= 11 is 12.2. The number of halogens is 1. The summed E-state index contributed by atoms with van der Waals surface area (Å²) in [5.41, 5.74) is 8.07. The van der Waals surface area contributed by atoms with Crippen molar-refractivity contribution in [2.24, 2.45) is 0 Å². The molecule has 0 aliphatic carbocycles. The molecule has 2 N–H and O–H groups in total. The second-order valence-corrected chi connectivity index (χ2v) is 9.96. The van der Waals surface area contributed by atoms with Gasteiger partial charge in [-0.2, -0.15) is 0 Å². The van der Waals surface area contributed by atoms with Gasteiger partial charge in [0.2, 0.25) is 0 Å². The second-order valence-electron chi connectivity index (χ2n) is 9.14. The number of phenols is 1. The van der Waals surface area contributed by atoms with E-state index in [1.807, 2.05) is 35.9 Å². The zero-order chi connectivity index (χ0) is 24.9. The van der Waals surface area contributed by atoms with Gasteiger partial charge in [-0.1, -0.05) is 23.7 Å². The zero-order valence-corrected chi connectivity index (χ0v) is 21.7. The largest absolute Gasteiger partial charge is 0.506 e. The highest BCUT2D eigenvalue weighted by Gasteiger charge is 2.42. The summed E-state index contributed by atoms with van der Waals surface area (Å²) < 4.78 is 2.05. The van der Waals surface area contributed by atoms with Gasteiger partial charge in [0, 0.05) is 28.3 Å². The van der Waals surface area contributed by atoms with Crippen LogP contribution < -0.4 is 10.2 Å². The van der Waals surface area contributed by atoms with Gasteiger partial charge in [-0.05, 0) is 105 Å². The number of aromatic nitrogens is 2.